The summed E-state index contributed by atoms with van der Waals surface area (Å²) in [7, 11) is 1.68. The Kier molecular flexibility index (Phi) is 6.78. The number of hydrogen-bond donors (Lipinski definition) is 1. The highest BCUT2D eigenvalue weighted by molar-refractivity contribution is 5.76. The number of halogens is 1. The van der Waals surface area contributed by atoms with E-state index in [1.807, 2.05) is 19.9 Å². The van der Waals surface area contributed by atoms with E-state index in [2.05, 4.69) is 25.2 Å². The number of hydrogen-bond acceptors (Lipinski definition) is 2. The number of aryl methyl sites for hydroxylation is 2. The molecule has 1 N–H and O–H groups in total. The van der Waals surface area contributed by atoms with E-state index in [0.717, 1.165) is 28.0 Å². The highest BCUT2D eigenvalue weighted by Crippen LogP contribution is 2.32. The lowest BCUT2D eigenvalue weighted by atomic mass is 9.93. The zero-order valence-electron chi connectivity index (χ0n) is 16.2. The number of benzene rings is 2. The van der Waals surface area contributed by atoms with Crippen molar-refractivity contribution in [2.45, 2.75) is 52.5 Å². The number of carbonyl (C=O) groups excluding carboxylic acids is 1. The molecule has 26 heavy (non-hydrogen) atoms. The van der Waals surface area contributed by atoms with E-state index in [1.54, 1.807) is 19.2 Å². The van der Waals surface area contributed by atoms with E-state index in [0.29, 0.717) is 18.8 Å². The minimum absolute atomic E-state index is 0.0110. The van der Waals surface area contributed by atoms with Gasteiger partial charge >= 0.3 is 0 Å². The fourth-order valence-electron chi connectivity index (χ4n) is 3.11. The highest BCUT2D eigenvalue weighted by atomic mass is 19.1. The summed E-state index contributed by atoms with van der Waals surface area (Å²) in [6.45, 7) is 8.28. The highest BCUT2D eigenvalue weighted by Gasteiger charge is 2.16. The zero-order chi connectivity index (χ0) is 19.3. The van der Waals surface area contributed by atoms with Gasteiger partial charge in [0, 0.05) is 6.42 Å². The van der Waals surface area contributed by atoms with Gasteiger partial charge in [0.25, 0.3) is 0 Å². The quantitative estimate of drug-likeness (QED) is 0.751. The number of ether oxygens (including phenoxy) is 1. The minimum Gasteiger partial charge on any atom is -0.496 e. The second-order valence-electron chi connectivity index (χ2n) is 7.02. The SMILES string of the molecule is COc1cc(C)c([C@H](C)NC(=O)CCc2ccc(F)cc2)cc1C(C)C. The largest absolute Gasteiger partial charge is 0.496 e. The van der Waals surface area contributed by atoms with Crippen molar-refractivity contribution in [3.63, 3.8) is 0 Å². The zero-order valence-corrected chi connectivity index (χ0v) is 16.2. The maximum Gasteiger partial charge on any atom is 0.220 e. The first kappa shape index (κ1) is 20.0. The Bertz CT molecular complexity index is 753. The predicted molar refractivity (Wildman–Crippen MR) is 103 cm³/mol. The first-order chi connectivity index (χ1) is 12.3. The molecule has 0 unspecified atom stereocenters. The fourth-order valence-corrected chi connectivity index (χ4v) is 3.11. The average molecular weight is 357 g/mol. The van der Waals surface area contributed by atoms with Gasteiger partial charge < -0.3 is 10.1 Å². The normalized spacial score (nSPS) is 12.1. The average Bonchev–Trinajstić information content (AvgIpc) is 2.60. The molecule has 1 atom stereocenters. The minimum atomic E-state index is -0.261. The van der Waals surface area contributed by atoms with Crippen LogP contribution in [0.3, 0.4) is 0 Å². The summed E-state index contributed by atoms with van der Waals surface area (Å²) in [6.07, 6.45) is 0.972. The standard InChI is InChI=1S/C22H28FNO2/c1-14(2)19-13-20(15(3)12-21(19)26-5)16(4)24-22(25)11-8-17-6-9-18(23)10-7-17/h6-7,9-10,12-14,16H,8,11H2,1-5H3,(H,24,25)/t16-/m0/s1. The maximum absolute atomic E-state index is 12.9. The van der Waals surface area contributed by atoms with Crippen LogP contribution in [-0.4, -0.2) is 13.0 Å². The van der Waals surface area contributed by atoms with Gasteiger partial charge in [-0.1, -0.05) is 26.0 Å². The van der Waals surface area contributed by atoms with Gasteiger partial charge in [0.05, 0.1) is 13.2 Å². The molecule has 0 aromatic heterocycles. The van der Waals surface area contributed by atoms with E-state index in [1.165, 1.54) is 12.1 Å². The van der Waals surface area contributed by atoms with Crippen molar-refractivity contribution in [2.24, 2.45) is 0 Å². The van der Waals surface area contributed by atoms with Crippen LogP contribution in [0.4, 0.5) is 4.39 Å². The fraction of sp³-hybridized carbons (Fsp3) is 0.409. The Morgan fingerprint density at radius 1 is 1.12 bits per heavy atom. The van der Waals surface area contributed by atoms with Gasteiger partial charge in [-0.25, -0.2) is 4.39 Å². The molecule has 3 nitrogen and oxygen atoms in total. The Balaban J connectivity index is 2.04. The molecule has 1 amide bonds. The van der Waals surface area contributed by atoms with Crippen LogP contribution in [0.2, 0.25) is 0 Å². The monoisotopic (exact) mass is 357 g/mol. The Morgan fingerprint density at radius 2 is 1.77 bits per heavy atom. The molecular formula is C22H28FNO2. The number of amides is 1. The molecule has 140 valence electrons. The van der Waals surface area contributed by atoms with Gasteiger partial charge in [-0.05, 0) is 72.7 Å². The molecule has 0 saturated heterocycles. The molecule has 0 aliphatic carbocycles. The summed E-state index contributed by atoms with van der Waals surface area (Å²) in [6, 6.07) is 10.4. The molecule has 0 saturated carbocycles. The Morgan fingerprint density at radius 3 is 2.35 bits per heavy atom. The number of nitrogens with one attached hydrogen (secondary N) is 1. The van der Waals surface area contributed by atoms with Crippen molar-refractivity contribution < 1.29 is 13.9 Å². The summed E-state index contributed by atoms with van der Waals surface area (Å²) in [5, 5.41) is 3.07. The van der Waals surface area contributed by atoms with Crippen LogP contribution in [-0.2, 0) is 11.2 Å². The van der Waals surface area contributed by atoms with Crippen molar-refractivity contribution >= 4 is 5.91 Å². The molecule has 2 rings (SSSR count). The van der Waals surface area contributed by atoms with E-state index in [-0.39, 0.29) is 17.8 Å². The molecule has 0 heterocycles. The Labute approximate surface area is 155 Å². The van der Waals surface area contributed by atoms with E-state index in [4.69, 9.17) is 4.74 Å². The summed E-state index contributed by atoms with van der Waals surface area (Å²) in [5.41, 5.74) is 4.29. The van der Waals surface area contributed by atoms with Gasteiger partial charge in [0.1, 0.15) is 11.6 Å². The van der Waals surface area contributed by atoms with Crippen LogP contribution < -0.4 is 10.1 Å². The second kappa shape index (κ2) is 8.84. The van der Waals surface area contributed by atoms with E-state index >= 15 is 0 Å². The van der Waals surface area contributed by atoms with Crippen LogP contribution in [0, 0.1) is 12.7 Å². The maximum atomic E-state index is 12.9. The van der Waals surface area contributed by atoms with Crippen molar-refractivity contribution in [1.82, 2.24) is 5.32 Å². The lowest BCUT2D eigenvalue weighted by Crippen LogP contribution is -2.27. The molecule has 0 aliphatic rings. The molecule has 2 aromatic carbocycles. The van der Waals surface area contributed by atoms with Crippen LogP contribution in [0.1, 0.15) is 61.4 Å². The predicted octanol–water partition coefficient (Wildman–Crippen LogP) is 5.08. The first-order valence-electron chi connectivity index (χ1n) is 9.04. The summed E-state index contributed by atoms with van der Waals surface area (Å²) < 4.78 is 18.4. The van der Waals surface area contributed by atoms with Gasteiger partial charge in [0.2, 0.25) is 5.91 Å². The van der Waals surface area contributed by atoms with Gasteiger partial charge in [0.15, 0.2) is 0 Å². The van der Waals surface area contributed by atoms with E-state index in [9.17, 15) is 9.18 Å². The topological polar surface area (TPSA) is 38.3 Å². The molecule has 4 heteroatoms. The molecule has 0 radical (unpaired) electrons. The third-order valence-electron chi connectivity index (χ3n) is 4.64. The molecule has 0 spiro atoms. The van der Waals surface area contributed by atoms with Gasteiger partial charge in [-0.15, -0.1) is 0 Å². The lowest BCUT2D eigenvalue weighted by Gasteiger charge is -2.21. The number of carbonyl (C=O) groups is 1. The van der Waals surface area contributed by atoms with Crippen LogP contribution in [0.5, 0.6) is 5.75 Å². The summed E-state index contributed by atoms with van der Waals surface area (Å²) >= 11 is 0. The van der Waals surface area contributed by atoms with Crippen molar-refractivity contribution in [3.05, 3.63) is 64.5 Å². The number of methoxy groups -OCH3 is 1. The Hall–Kier alpha value is -2.36. The van der Waals surface area contributed by atoms with Crippen LogP contribution in [0.15, 0.2) is 36.4 Å². The van der Waals surface area contributed by atoms with Crippen LogP contribution in [0.25, 0.3) is 0 Å². The second-order valence-corrected chi connectivity index (χ2v) is 7.02. The molecule has 0 bridgehead atoms. The molecular weight excluding hydrogens is 329 g/mol. The third kappa shape index (κ3) is 5.07. The van der Waals surface area contributed by atoms with E-state index < -0.39 is 0 Å². The van der Waals surface area contributed by atoms with Gasteiger partial charge in [-0.2, -0.15) is 0 Å². The third-order valence-corrected chi connectivity index (χ3v) is 4.64. The lowest BCUT2D eigenvalue weighted by molar-refractivity contribution is -0.121. The van der Waals surface area contributed by atoms with Crippen LogP contribution >= 0.6 is 0 Å². The van der Waals surface area contributed by atoms with Crippen molar-refractivity contribution in [3.8, 4) is 5.75 Å². The smallest absolute Gasteiger partial charge is 0.220 e. The summed E-state index contributed by atoms with van der Waals surface area (Å²) in [5.74, 6) is 0.952. The first-order valence-corrected chi connectivity index (χ1v) is 9.04. The summed E-state index contributed by atoms with van der Waals surface area (Å²) in [4.78, 5) is 12.3. The molecule has 0 aliphatic heterocycles. The molecule has 2 aromatic rings. The molecule has 0 fully saturated rings. The van der Waals surface area contributed by atoms with Crippen molar-refractivity contribution in [2.75, 3.05) is 7.11 Å². The number of rotatable bonds is 7. The van der Waals surface area contributed by atoms with Crippen molar-refractivity contribution in [1.29, 1.82) is 0 Å². The van der Waals surface area contributed by atoms with Gasteiger partial charge in [-0.3, -0.25) is 4.79 Å².